The topological polar surface area (TPSA) is 34.1 Å². The maximum Gasteiger partial charge on any atom is 0.213 e. The fourth-order valence-corrected chi connectivity index (χ4v) is 2.26. The Kier molecular flexibility index (Phi) is 4.93. The monoisotopic (exact) mass is 320 g/mol. The van der Waals surface area contributed by atoms with Crippen molar-refractivity contribution in [3.8, 4) is 5.88 Å². The van der Waals surface area contributed by atoms with Crippen molar-refractivity contribution in [2.24, 2.45) is 0 Å². The van der Waals surface area contributed by atoms with E-state index in [0.29, 0.717) is 12.5 Å². The summed E-state index contributed by atoms with van der Waals surface area (Å²) in [4.78, 5) is 4.46. The van der Waals surface area contributed by atoms with E-state index in [1.807, 2.05) is 44.3 Å². The molecule has 19 heavy (non-hydrogen) atoms. The molecule has 0 bridgehead atoms. The lowest BCUT2D eigenvalue weighted by molar-refractivity contribution is 0.293. The maximum atomic E-state index is 5.71. The molecule has 0 radical (unpaired) electrons. The Hall–Kier alpha value is -1.39. The summed E-state index contributed by atoms with van der Waals surface area (Å²) >= 11 is 3.45. The molecule has 0 spiro atoms. The van der Waals surface area contributed by atoms with Crippen LogP contribution in [0, 0.1) is 6.92 Å². The van der Waals surface area contributed by atoms with Gasteiger partial charge >= 0.3 is 0 Å². The molecule has 0 atom stereocenters. The fraction of sp³-hybridized carbons (Fsp3) is 0.267. The first-order valence-electron chi connectivity index (χ1n) is 6.17. The van der Waals surface area contributed by atoms with Crippen molar-refractivity contribution in [1.29, 1.82) is 0 Å². The molecule has 0 aliphatic carbocycles. The Labute approximate surface area is 122 Å². The number of nitrogens with zero attached hydrogens (tertiary/aromatic N) is 1. The molecular formula is C15H17BrN2O. The summed E-state index contributed by atoms with van der Waals surface area (Å²) in [6.07, 6.45) is 0. The van der Waals surface area contributed by atoms with Crippen LogP contribution in [0.25, 0.3) is 0 Å². The molecule has 100 valence electrons. The number of benzene rings is 1. The summed E-state index contributed by atoms with van der Waals surface area (Å²) < 4.78 is 6.77. The molecule has 0 unspecified atom stereocenters. The van der Waals surface area contributed by atoms with Gasteiger partial charge in [-0.2, -0.15) is 0 Å². The van der Waals surface area contributed by atoms with Gasteiger partial charge < -0.3 is 10.1 Å². The molecule has 1 heterocycles. The number of hydrogen-bond donors (Lipinski definition) is 1. The summed E-state index contributed by atoms with van der Waals surface area (Å²) in [6.45, 7) is 3.35. The Balaban J connectivity index is 2.02. The van der Waals surface area contributed by atoms with Crippen molar-refractivity contribution in [1.82, 2.24) is 10.3 Å². The highest BCUT2D eigenvalue weighted by atomic mass is 79.9. The number of halogens is 1. The molecule has 0 amide bonds. The van der Waals surface area contributed by atoms with Crippen LogP contribution in [0.2, 0.25) is 0 Å². The van der Waals surface area contributed by atoms with Gasteiger partial charge in [0.15, 0.2) is 0 Å². The first-order chi connectivity index (χ1) is 9.19. The highest BCUT2D eigenvalue weighted by molar-refractivity contribution is 9.10. The molecule has 1 aromatic heterocycles. The van der Waals surface area contributed by atoms with Crippen molar-refractivity contribution in [2.45, 2.75) is 20.1 Å². The predicted molar refractivity (Wildman–Crippen MR) is 80.2 cm³/mol. The first-order valence-corrected chi connectivity index (χ1v) is 6.96. The Morgan fingerprint density at radius 2 is 2.11 bits per heavy atom. The van der Waals surface area contributed by atoms with E-state index in [2.05, 4.69) is 32.3 Å². The summed E-state index contributed by atoms with van der Waals surface area (Å²) in [7, 11) is 1.93. The first kappa shape index (κ1) is 14.0. The number of ether oxygens (including phenoxy) is 1. The van der Waals surface area contributed by atoms with E-state index in [9.17, 15) is 0 Å². The molecule has 4 heteroatoms. The Bertz CT molecular complexity index is 558. The van der Waals surface area contributed by atoms with Crippen LogP contribution in [-0.4, -0.2) is 12.0 Å². The van der Waals surface area contributed by atoms with Crippen molar-refractivity contribution < 1.29 is 4.74 Å². The molecule has 3 nitrogen and oxygen atoms in total. The van der Waals surface area contributed by atoms with Crippen LogP contribution >= 0.6 is 15.9 Å². The van der Waals surface area contributed by atoms with Crippen LogP contribution in [0.4, 0.5) is 0 Å². The summed E-state index contributed by atoms with van der Waals surface area (Å²) in [5.74, 6) is 0.664. The second-order valence-electron chi connectivity index (χ2n) is 4.34. The van der Waals surface area contributed by atoms with Gasteiger partial charge in [-0.1, -0.05) is 34.1 Å². The Morgan fingerprint density at radius 3 is 2.79 bits per heavy atom. The van der Waals surface area contributed by atoms with E-state index in [1.54, 1.807) is 0 Å². The highest BCUT2D eigenvalue weighted by Crippen LogP contribution is 2.16. The summed E-state index contributed by atoms with van der Waals surface area (Å²) in [5, 5.41) is 3.12. The molecule has 1 N–H and O–H groups in total. The van der Waals surface area contributed by atoms with Gasteiger partial charge in [0.05, 0.1) is 0 Å². The fourth-order valence-electron chi connectivity index (χ4n) is 1.81. The number of rotatable bonds is 5. The number of aryl methyl sites for hydroxylation is 1. The quantitative estimate of drug-likeness (QED) is 0.916. The normalized spacial score (nSPS) is 10.5. The van der Waals surface area contributed by atoms with Crippen LogP contribution in [0.1, 0.15) is 16.8 Å². The van der Waals surface area contributed by atoms with Crippen molar-refractivity contribution in [3.05, 3.63) is 57.7 Å². The zero-order valence-electron chi connectivity index (χ0n) is 11.1. The molecule has 2 rings (SSSR count). The molecule has 1 aromatic carbocycles. The number of nitrogens with one attached hydrogen (secondary N) is 1. The third-order valence-corrected chi connectivity index (χ3v) is 3.31. The van der Waals surface area contributed by atoms with Gasteiger partial charge in [-0.25, -0.2) is 4.98 Å². The third-order valence-electron chi connectivity index (χ3n) is 2.81. The van der Waals surface area contributed by atoms with Crippen molar-refractivity contribution in [2.75, 3.05) is 7.05 Å². The smallest absolute Gasteiger partial charge is 0.213 e. The highest BCUT2D eigenvalue weighted by Gasteiger charge is 2.02. The Morgan fingerprint density at radius 1 is 1.26 bits per heavy atom. The van der Waals surface area contributed by atoms with E-state index >= 15 is 0 Å². The average Bonchev–Trinajstić information content (AvgIpc) is 2.39. The van der Waals surface area contributed by atoms with Crippen LogP contribution in [-0.2, 0) is 13.2 Å². The lowest BCUT2D eigenvalue weighted by Gasteiger charge is -2.09. The van der Waals surface area contributed by atoms with Crippen LogP contribution in [0.5, 0.6) is 5.88 Å². The van der Waals surface area contributed by atoms with Gasteiger partial charge in [-0.05, 0) is 37.2 Å². The minimum absolute atomic E-state index is 0.525. The summed E-state index contributed by atoms with van der Waals surface area (Å²) in [6, 6.07) is 12.0. The predicted octanol–water partition coefficient (Wildman–Crippen LogP) is 3.45. The van der Waals surface area contributed by atoms with Crippen LogP contribution in [0.15, 0.2) is 40.9 Å². The van der Waals surface area contributed by atoms with Gasteiger partial charge in [-0.15, -0.1) is 0 Å². The molecule has 0 aliphatic heterocycles. The minimum Gasteiger partial charge on any atom is -0.473 e. The molecule has 0 fully saturated rings. The zero-order chi connectivity index (χ0) is 13.7. The lowest BCUT2D eigenvalue weighted by atomic mass is 10.2. The maximum absolute atomic E-state index is 5.71. The second kappa shape index (κ2) is 6.68. The van der Waals surface area contributed by atoms with Crippen molar-refractivity contribution in [3.63, 3.8) is 0 Å². The largest absolute Gasteiger partial charge is 0.473 e. The van der Waals surface area contributed by atoms with E-state index in [1.165, 1.54) is 5.56 Å². The zero-order valence-corrected chi connectivity index (χ0v) is 12.7. The SMILES string of the molecule is CNCc1ccc(OCc2cccc(Br)c2)nc1C. The van der Waals surface area contributed by atoms with E-state index in [4.69, 9.17) is 4.74 Å². The number of pyridine rings is 1. The molecular weight excluding hydrogens is 304 g/mol. The van der Waals surface area contributed by atoms with Gasteiger partial charge in [0, 0.05) is 22.8 Å². The van der Waals surface area contributed by atoms with Crippen LogP contribution in [0.3, 0.4) is 0 Å². The third kappa shape index (κ3) is 4.04. The van der Waals surface area contributed by atoms with Crippen molar-refractivity contribution >= 4 is 15.9 Å². The average molecular weight is 321 g/mol. The standard InChI is InChI=1S/C15H17BrN2O/c1-11-13(9-17-2)6-7-15(18-11)19-10-12-4-3-5-14(16)8-12/h3-8,17H,9-10H2,1-2H3. The molecule has 0 saturated heterocycles. The van der Waals surface area contributed by atoms with Gasteiger partial charge in [0.1, 0.15) is 6.61 Å². The molecule has 0 saturated carbocycles. The van der Waals surface area contributed by atoms with E-state index < -0.39 is 0 Å². The number of aromatic nitrogens is 1. The lowest BCUT2D eigenvalue weighted by Crippen LogP contribution is -2.08. The summed E-state index contributed by atoms with van der Waals surface area (Å²) in [5.41, 5.74) is 3.31. The van der Waals surface area contributed by atoms with Gasteiger partial charge in [0.25, 0.3) is 0 Å². The number of hydrogen-bond acceptors (Lipinski definition) is 3. The van der Waals surface area contributed by atoms with Gasteiger partial charge in [-0.3, -0.25) is 0 Å². The van der Waals surface area contributed by atoms with Gasteiger partial charge in [0.2, 0.25) is 5.88 Å². The minimum atomic E-state index is 0.525. The van der Waals surface area contributed by atoms with E-state index in [0.717, 1.165) is 22.3 Å². The molecule has 0 aliphatic rings. The van der Waals surface area contributed by atoms with Crippen LogP contribution < -0.4 is 10.1 Å². The second-order valence-corrected chi connectivity index (χ2v) is 5.26. The van der Waals surface area contributed by atoms with E-state index in [-0.39, 0.29) is 0 Å². The molecule has 2 aromatic rings.